The zero-order valence-corrected chi connectivity index (χ0v) is 14.3. The molecule has 1 saturated heterocycles. The maximum atomic E-state index is 11.3. The molecule has 1 atom stereocenters. The normalized spacial score (nSPS) is 21.0. The van der Waals surface area contributed by atoms with Gasteiger partial charge in [0.1, 0.15) is 11.6 Å². The molecule has 0 unspecified atom stereocenters. The van der Waals surface area contributed by atoms with Crippen LogP contribution in [0.15, 0.2) is 24.3 Å². The Balaban J connectivity index is 1.60. The Morgan fingerprint density at radius 2 is 2.00 bits per heavy atom. The molecule has 0 radical (unpaired) electrons. The third-order valence-corrected chi connectivity index (χ3v) is 5.36. The minimum absolute atomic E-state index is 0.202. The first kappa shape index (κ1) is 16.2. The molecule has 7 nitrogen and oxygen atoms in total. The third-order valence-electron chi connectivity index (χ3n) is 5.36. The highest BCUT2D eigenvalue weighted by atomic mass is 16.6. The Morgan fingerprint density at radius 1 is 1.12 bits per heavy atom. The van der Waals surface area contributed by atoms with E-state index in [1.54, 1.807) is 12.1 Å². The Morgan fingerprint density at radius 3 is 2.88 bits per heavy atom. The van der Waals surface area contributed by atoms with Gasteiger partial charge < -0.3 is 4.57 Å². The van der Waals surface area contributed by atoms with Crippen molar-refractivity contribution in [3.8, 4) is 0 Å². The molecule has 0 spiro atoms. The van der Waals surface area contributed by atoms with Crippen molar-refractivity contribution in [2.75, 3.05) is 6.54 Å². The largest absolute Gasteiger partial charge is 0.314 e. The van der Waals surface area contributed by atoms with Gasteiger partial charge in [-0.25, -0.2) is 0 Å². The van der Waals surface area contributed by atoms with Crippen molar-refractivity contribution >= 4 is 5.69 Å². The van der Waals surface area contributed by atoms with Crippen LogP contribution in [0.25, 0.3) is 0 Å². The summed E-state index contributed by atoms with van der Waals surface area (Å²) in [6.45, 7) is 2.52. The van der Waals surface area contributed by atoms with E-state index in [1.807, 2.05) is 12.1 Å². The fourth-order valence-corrected chi connectivity index (χ4v) is 4.10. The van der Waals surface area contributed by atoms with Gasteiger partial charge in [0.15, 0.2) is 0 Å². The van der Waals surface area contributed by atoms with Crippen LogP contribution in [0.5, 0.6) is 0 Å². The first-order valence-corrected chi connectivity index (χ1v) is 9.12. The summed E-state index contributed by atoms with van der Waals surface area (Å²) in [7, 11) is 0. The SMILES string of the molecule is O=[N+]([O-])c1ccccc1CN1CCC[C@@H]1c1nnc2n1CCCCC2. The molecule has 7 heteroatoms. The predicted molar refractivity (Wildman–Crippen MR) is 93.1 cm³/mol. The van der Waals surface area contributed by atoms with Crippen molar-refractivity contribution in [2.24, 2.45) is 0 Å². The average Bonchev–Trinajstić information content (AvgIpc) is 3.15. The van der Waals surface area contributed by atoms with E-state index in [2.05, 4.69) is 19.7 Å². The second-order valence-corrected chi connectivity index (χ2v) is 6.95. The molecule has 2 aliphatic rings. The number of benzene rings is 1. The number of nitro groups is 1. The molecule has 1 aromatic heterocycles. The van der Waals surface area contributed by atoms with Crippen molar-refractivity contribution in [3.63, 3.8) is 0 Å². The van der Waals surface area contributed by atoms with Gasteiger partial charge in [-0.05, 0) is 32.2 Å². The van der Waals surface area contributed by atoms with Crippen LogP contribution in [-0.2, 0) is 19.5 Å². The Kier molecular flexibility index (Phi) is 4.48. The first-order valence-electron chi connectivity index (χ1n) is 9.12. The van der Waals surface area contributed by atoms with E-state index >= 15 is 0 Å². The lowest BCUT2D eigenvalue weighted by Crippen LogP contribution is -2.26. The lowest BCUT2D eigenvalue weighted by atomic mass is 10.1. The highest BCUT2D eigenvalue weighted by molar-refractivity contribution is 5.39. The van der Waals surface area contributed by atoms with Crippen molar-refractivity contribution in [1.82, 2.24) is 19.7 Å². The van der Waals surface area contributed by atoms with Gasteiger partial charge in [0.05, 0.1) is 11.0 Å². The maximum absolute atomic E-state index is 11.3. The van der Waals surface area contributed by atoms with Gasteiger partial charge >= 0.3 is 0 Å². The molecule has 3 heterocycles. The number of nitrogens with zero attached hydrogens (tertiary/aromatic N) is 5. The fourth-order valence-electron chi connectivity index (χ4n) is 4.10. The number of rotatable bonds is 4. The molecule has 0 saturated carbocycles. The fraction of sp³-hybridized carbons (Fsp3) is 0.556. The number of hydrogen-bond donors (Lipinski definition) is 0. The van der Waals surface area contributed by atoms with Gasteiger partial charge in [-0.15, -0.1) is 10.2 Å². The Labute approximate surface area is 146 Å². The van der Waals surface area contributed by atoms with Crippen LogP contribution < -0.4 is 0 Å². The predicted octanol–water partition coefficient (Wildman–Crippen LogP) is 3.25. The second-order valence-electron chi connectivity index (χ2n) is 6.95. The van der Waals surface area contributed by atoms with Crippen molar-refractivity contribution in [3.05, 3.63) is 51.6 Å². The Bertz CT molecular complexity index is 773. The summed E-state index contributed by atoms with van der Waals surface area (Å²) in [6, 6.07) is 7.25. The number of para-hydroxylation sites is 1. The molecule has 25 heavy (non-hydrogen) atoms. The summed E-state index contributed by atoms with van der Waals surface area (Å²) < 4.78 is 2.30. The highest BCUT2D eigenvalue weighted by Gasteiger charge is 2.32. The molecule has 2 aliphatic heterocycles. The van der Waals surface area contributed by atoms with E-state index in [0.29, 0.717) is 6.54 Å². The summed E-state index contributed by atoms with van der Waals surface area (Å²) in [5.41, 5.74) is 0.975. The van der Waals surface area contributed by atoms with Gasteiger partial charge in [-0.3, -0.25) is 15.0 Å². The quantitative estimate of drug-likeness (QED) is 0.630. The maximum Gasteiger partial charge on any atom is 0.273 e. The van der Waals surface area contributed by atoms with E-state index in [4.69, 9.17) is 0 Å². The van der Waals surface area contributed by atoms with E-state index in [9.17, 15) is 10.1 Å². The van der Waals surface area contributed by atoms with Crippen LogP contribution >= 0.6 is 0 Å². The van der Waals surface area contributed by atoms with Crippen molar-refractivity contribution in [1.29, 1.82) is 0 Å². The third kappa shape index (κ3) is 3.16. The smallest absolute Gasteiger partial charge is 0.273 e. The van der Waals surface area contributed by atoms with Crippen LogP contribution in [0, 0.1) is 10.1 Å². The van der Waals surface area contributed by atoms with E-state index in [-0.39, 0.29) is 16.7 Å². The number of nitro benzene ring substituents is 1. The van der Waals surface area contributed by atoms with E-state index in [0.717, 1.165) is 49.6 Å². The van der Waals surface area contributed by atoms with E-state index < -0.39 is 0 Å². The molecule has 0 N–H and O–H groups in total. The molecule has 1 fully saturated rings. The first-order chi connectivity index (χ1) is 12.2. The zero-order valence-electron chi connectivity index (χ0n) is 14.3. The summed E-state index contributed by atoms with van der Waals surface area (Å²) in [5, 5.41) is 20.2. The van der Waals surface area contributed by atoms with Crippen LogP contribution in [0.2, 0.25) is 0 Å². The standard InChI is InChI=1S/C18H23N5O2/c24-23(25)15-8-4-3-7-14(15)13-21-11-6-9-16(21)18-20-19-17-10-2-1-5-12-22(17)18/h3-4,7-8,16H,1-2,5-6,9-13H2/t16-/m1/s1. The molecule has 0 amide bonds. The average molecular weight is 341 g/mol. The van der Waals surface area contributed by atoms with Gasteiger partial charge in [-0.1, -0.05) is 24.6 Å². The summed E-state index contributed by atoms with van der Waals surface area (Å²) in [4.78, 5) is 13.3. The second kappa shape index (κ2) is 6.92. The monoisotopic (exact) mass is 341 g/mol. The van der Waals surface area contributed by atoms with Crippen LogP contribution in [0.1, 0.15) is 55.4 Å². The highest BCUT2D eigenvalue weighted by Crippen LogP contribution is 2.34. The lowest BCUT2D eigenvalue weighted by Gasteiger charge is -2.24. The molecular weight excluding hydrogens is 318 g/mol. The van der Waals surface area contributed by atoms with Crippen LogP contribution in [-0.4, -0.2) is 31.1 Å². The van der Waals surface area contributed by atoms with Crippen LogP contribution in [0.4, 0.5) is 5.69 Å². The minimum Gasteiger partial charge on any atom is -0.314 e. The molecular formula is C18H23N5O2. The number of likely N-dealkylation sites (tertiary alicyclic amines) is 1. The number of aromatic nitrogens is 3. The van der Waals surface area contributed by atoms with E-state index in [1.165, 1.54) is 19.3 Å². The zero-order chi connectivity index (χ0) is 17.2. The van der Waals surface area contributed by atoms with Gasteiger partial charge in [0.2, 0.25) is 0 Å². The molecule has 1 aromatic carbocycles. The topological polar surface area (TPSA) is 77.1 Å². The Hall–Kier alpha value is -2.28. The molecule has 0 aliphatic carbocycles. The summed E-state index contributed by atoms with van der Waals surface area (Å²) in [5.74, 6) is 2.15. The molecule has 2 aromatic rings. The van der Waals surface area contributed by atoms with Crippen molar-refractivity contribution < 1.29 is 4.92 Å². The molecule has 132 valence electrons. The minimum atomic E-state index is -0.288. The molecule has 4 rings (SSSR count). The van der Waals surface area contributed by atoms with Crippen LogP contribution in [0.3, 0.4) is 0 Å². The molecule has 0 bridgehead atoms. The van der Waals surface area contributed by atoms with Gasteiger partial charge in [0.25, 0.3) is 5.69 Å². The number of hydrogen-bond acceptors (Lipinski definition) is 5. The summed E-state index contributed by atoms with van der Waals surface area (Å²) >= 11 is 0. The number of fused-ring (bicyclic) bond motifs is 1. The van der Waals surface area contributed by atoms with Crippen molar-refractivity contribution in [2.45, 2.75) is 57.7 Å². The number of aryl methyl sites for hydroxylation is 1. The van der Waals surface area contributed by atoms with Gasteiger partial charge in [-0.2, -0.15) is 0 Å². The van der Waals surface area contributed by atoms with Gasteiger partial charge in [0, 0.05) is 31.1 Å². The summed E-state index contributed by atoms with van der Waals surface area (Å²) in [6.07, 6.45) is 6.74. The lowest BCUT2D eigenvalue weighted by molar-refractivity contribution is -0.385.